The maximum absolute atomic E-state index is 11.2. The van der Waals surface area contributed by atoms with Crippen molar-refractivity contribution in [2.45, 2.75) is 26.3 Å². The number of hydrogen-bond donors (Lipinski definition) is 2. The molecule has 2 N–H and O–H groups in total. The minimum atomic E-state index is -0.129. The molecule has 0 aliphatic heterocycles. The zero-order valence-corrected chi connectivity index (χ0v) is 12.3. The second kappa shape index (κ2) is 7.31. The van der Waals surface area contributed by atoms with Crippen molar-refractivity contribution in [3.8, 4) is 0 Å². The van der Waals surface area contributed by atoms with Gasteiger partial charge in [-0.1, -0.05) is 17.7 Å². The fraction of sp³-hybridized carbons (Fsp3) is 0.400. The molecule has 0 bridgehead atoms. The van der Waals surface area contributed by atoms with Crippen molar-refractivity contribution in [1.29, 1.82) is 0 Å². The molecule has 0 aliphatic carbocycles. The van der Waals surface area contributed by atoms with E-state index in [0.29, 0.717) is 13.0 Å². The Bertz CT molecular complexity index is 580. The van der Waals surface area contributed by atoms with E-state index in [4.69, 9.17) is 16.3 Å². The summed E-state index contributed by atoms with van der Waals surface area (Å²) in [7, 11) is 0. The normalized spacial score (nSPS) is 10.9. The van der Waals surface area contributed by atoms with Gasteiger partial charge in [0.15, 0.2) is 0 Å². The lowest BCUT2D eigenvalue weighted by Crippen LogP contribution is -2.16. The van der Waals surface area contributed by atoms with E-state index < -0.39 is 0 Å². The van der Waals surface area contributed by atoms with Gasteiger partial charge < -0.3 is 15.0 Å². The number of nitrogens with one attached hydrogen (secondary N) is 2. The van der Waals surface area contributed by atoms with E-state index in [9.17, 15) is 4.79 Å². The molecule has 0 amide bonds. The van der Waals surface area contributed by atoms with Crippen LogP contribution in [0.4, 0.5) is 0 Å². The van der Waals surface area contributed by atoms with Crippen molar-refractivity contribution in [2.24, 2.45) is 0 Å². The third-order valence-electron chi connectivity index (χ3n) is 3.08. The first-order valence-electron chi connectivity index (χ1n) is 6.82. The molecule has 108 valence electrons. The molecule has 0 spiro atoms. The number of ether oxygens (including phenoxy) is 1. The SMILES string of the molecule is CCOC(=O)CCCNCc1c[nH]c2cc(Cl)ccc12. The van der Waals surface area contributed by atoms with Gasteiger partial charge in [-0.2, -0.15) is 0 Å². The lowest BCUT2D eigenvalue weighted by molar-refractivity contribution is -0.143. The topological polar surface area (TPSA) is 54.1 Å². The molecular formula is C15H19ClN2O2. The van der Waals surface area contributed by atoms with Crippen LogP contribution in [0.2, 0.25) is 5.02 Å². The maximum Gasteiger partial charge on any atom is 0.305 e. The molecule has 0 unspecified atom stereocenters. The molecule has 0 aliphatic rings. The van der Waals surface area contributed by atoms with Crippen molar-refractivity contribution in [3.63, 3.8) is 0 Å². The van der Waals surface area contributed by atoms with E-state index in [1.807, 2.05) is 31.3 Å². The Balaban J connectivity index is 1.77. The molecule has 0 fully saturated rings. The van der Waals surface area contributed by atoms with Gasteiger partial charge in [0.2, 0.25) is 0 Å². The molecule has 0 saturated heterocycles. The summed E-state index contributed by atoms with van der Waals surface area (Å²) in [6, 6.07) is 5.83. The van der Waals surface area contributed by atoms with Crippen LogP contribution in [-0.4, -0.2) is 24.1 Å². The van der Waals surface area contributed by atoms with Crippen LogP contribution in [0.15, 0.2) is 24.4 Å². The van der Waals surface area contributed by atoms with Gasteiger partial charge >= 0.3 is 5.97 Å². The minimum Gasteiger partial charge on any atom is -0.466 e. The average molecular weight is 295 g/mol. The predicted octanol–water partition coefficient (Wildman–Crippen LogP) is 3.25. The summed E-state index contributed by atoms with van der Waals surface area (Å²) >= 11 is 5.95. The molecule has 1 aromatic heterocycles. The fourth-order valence-corrected chi connectivity index (χ4v) is 2.29. The summed E-state index contributed by atoms with van der Waals surface area (Å²) in [5, 5.41) is 5.23. The molecule has 1 heterocycles. The lowest BCUT2D eigenvalue weighted by atomic mass is 10.2. The largest absolute Gasteiger partial charge is 0.466 e. The molecule has 5 heteroatoms. The minimum absolute atomic E-state index is 0.129. The highest BCUT2D eigenvalue weighted by molar-refractivity contribution is 6.31. The average Bonchev–Trinajstić information content (AvgIpc) is 2.81. The van der Waals surface area contributed by atoms with Crippen LogP contribution in [0.5, 0.6) is 0 Å². The Morgan fingerprint density at radius 1 is 1.45 bits per heavy atom. The fourth-order valence-electron chi connectivity index (χ4n) is 2.12. The Kier molecular flexibility index (Phi) is 5.44. The first-order valence-corrected chi connectivity index (χ1v) is 7.20. The lowest BCUT2D eigenvalue weighted by Gasteiger charge is -2.04. The van der Waals surface area contributed by atoms with E-state index in [2.05, 4.69) is 10.3 Å². The van der Waals surface area contributed by atoms with E-state index in [0.717, 1.165) is 30.0 Å². The molecule has 2 aromatic rings. The second-order valence-electron chi connectivity index (χ2n) is 4.59. The Morgan fingerprint density at radius 3 is 3.10 bits per heavy atom. The number of carbonyl (C=O) groups is 1. The van der Waals surface area contributed by atoms with Gasteiger partial charge in [-0.25, -0.2) is 0 Å². The number of rotatable bonds is 7. The van der Waals surface area contributed by atoms with Crippen molar-refractivity contribution in [3.05, 3.63) is 35.0 Å². The summed E-state index contributed by atoms with van der Waals surface area (Å²) in [4.78, 5) is 14.4. The van der Waals surface area contributed by atoms with Crippen molar-refractivity contribution < 1.29 is 9.53 Å². The quantitative estimate of drug-likeness (QED) is 0.609. The number of halogens is 1. The number of benzene rings is 1. The number of fused-ring (bicyclic) bond motifs is 1. The van der Waals surface area contributed by atoms with Crippen LogP contribution in [0.1, 0.15) is 25.3 Å². The van der Waals surface area contributed by atoms with Crippen molar-refractivity contribution in [1.82, 2.24) is 10.3 Å². The number of aromatic amines is 1. The highest BCUT2D eigenvalue weighted by Crippen LogP contribution is 2.21. The van der Waals surface area contributed by atoms with Crippen LogP contribution >= 0.6 is 11.6 Å². The van der Waals surface area contributed by atoms with E-state index in [1.165, 1.54) is 10.9 Å². The van der Waals surface area contributed by atoms with Gasteiger partial charge in [-0.05, 0) is 37.6 Å². The summed E-state index contributed by atoms with van der Waals surface area (Å²) < 4.78 is 4.88. The van der Waals surface area contributed by atoms with Crippen LogP contribution in [0.25, 0.3) is 10.9 Å². The van der Waals surface area contributed by atoms with Gasteiger partial charge in [0.25, 0.3) is 0 Å². The van der Waals surface area contributed by atoms with Crippen LogP contribution in [0.3, 0.4) is 0 Å². The van der Waals surface area contributed by atoms with Gasteiger partial charge in [-0.3, -0.25) is 4.79 Å². The first-order chi connectivity index (χ1) is 9.70. The summed E-state index contributed by atoms with van der Waals surface area (Å²) in [5.74, 6) is -0.129. The highest BCUT2D eigenvalue weighted by Gasteiger charge is 2.04. The van der Waals surface area contributed by atoms with Crippen molar-refractivity contribution >= 4 is 28.5 Å². The van der Waals surface area contributed by atoms with Gasteiger partial charge in [-0.15, -0.1) is 0 Å². The number of H-pyrrole nitrogens is 1. The number of hydrogen-bond acceptors (Lipinski definition) is 3. The molecule has 20 heavy (non-hydrogen) atoms. The van der Waals surface area contributed by atoms with E-state index >= 15 is 0 Å². The zero-order chi connectivity index (χ0) is 14.4. The molecular weight excluding hydrogens is 276 g/mol. The summed E-state index contributed by atoms with van der Waals surface area (Å²) in [6.07, 6.45) is 3.23. The Labute approximate surface area is 123 Å². The molecule has 4 nitrogen and oxygen atoms in total. The molecule has 1 aromatic carbocycles. The molecule has 0 radical (unpaired) electrons. The smallest absolute Gasteiger partial charge is 0.305 e. The number of esters is 1. The number of aromatic nitrogens is 1. The van der Waals surface area contributed by atoms with Gasteiger partial charge in [0.05, 0.1) is 6.61 Å². The summed E-state index contributed by atoms with van der Waals surface area (Å²) in [5.41, 5.74) is 2.24. The third kappa shape index (κ3) is 3.99. The number of carbonyl (C=O) groups excluding carboxylic acids is 1. The Hall–Kier alpha value is -1.52. The Morgan fingerprint density at radius 2 is 2.30 bits per heavy atom. The van der Waals surface area contributed by atoms with Gasteiger partial charge in [0.1, 0.15) is 0 Å². The second-order valence-corrected chi connectivity index (χ2v) is 5.03. The maximum atomic E-state index is 11.2. The van der Waals surface area contributed by atoms with E-state index in [-0.39, 0.29) is 5.97 Å². The zero-order valence-electron chi connectivity index (χ0n) is 11.5. The van der Waals surface area contributed by atoms with Crippen LogP contribution in [-0.2, 0) is 16.1 Å². The summed E-state index contributed by atoms with van der Waals surface area (Å²) in [6.45, 7) is 3.83. The van der Waals surface area contributed by atoms with Gasteiger partial charge in [0, 0.05) is 35.1 Å². The first kappa shape index (κ1) is 14.9. The highest BCUT2D eigenvalue weighted by atomic mass is 35.5. The van der Waals surface area contributed by atoms with Crippen LogP contribution < -0.4 is 5.32 Å². The molecule has 0 atom stereocenters. The van der Waals surface area contributed by atoms with Crippen LogP contribution in [0, 0.1) is 0 Å². The monoisotopic (exact) mass is 294 g/mol. The third-order valence-corrected chi connectivity index (χ3v) is 3.32. The van der Waals surface area contributed by atoms with Crippen molar-refractivity contribution in [2.75, 3.05) is 13.2 Å². The molecule has 2 rings (SSSR count). The standard InChI is InChI=1S/C15H19ClN2O2/c1-2-20-15(19)4-3-7-17-9-11-10-18-14-8-12(16)5-6-13(11)14/h5-6,8,10,17-18H,2-4,7,9H2,1H3. The predicted molar refractivity (Wildman–Crippen MR) is 80.9 cm³/mol. The van der Waals surface area contributed by atoms with E-state index in [1.54, 1.807) is 0 Å². The molecule has 0 saturated carbocycles.